The number of aromatic nitrogens is 2. The molecule has 1 heterocycles. The summed E-state index contributed by atoms with van der Waals surface area (Å²) < 4.78 is 6.84. The number of ether oxygens (including phenoxy) is 1. The fraction of sp³-hybridized carbons (Fsp3) is 0.286. The molecular weight excluding hydrogens is 270 g/mol. The van der Waals surface area contributed by atoms with E-state index in [1.54, 1.807) is 20.2 Å². The third kappa shape index (κ3) is 3.44. The maximum atomic E-state index is 11.1. The van der Waals surface area contributed by atoms with Gasteiger partial charge in [-0.25, -0.2) is 0 Å². The van der Waals surface area contributed by atoms with Crippen molar-refractivity contribution in [3.05, 3.63) is 40.7 Å². The fourth-order valence-corrected chi connectivity index (χ4v) is 1.75. The van der Waals surface area contributed by atoms with Gasteiger partial charge in [-0.1, -0.05) is 0 Å². The summed E-state index contributed by atoms with van der Waals surface area (Å²) in [5.41, 5.74) is 1.44. The van der Waals surface area contributed by atoms with Crippen LogP contribution < -0.4 is 19.9 Å². The Hall–Kier alpha value is -2.70. The first-order chi connectivity index (χ1) is 10.0. The van der Waals surface area contributed by atoms with Crippen molar-refractivity contribution in [1.82, 2.24) is 5.10 Å². The highest BCUT2D eigenvalue weighted by atomic mass is 16.5. The first kappa shape index (κ1) is 14.7. The van der Waals surface area contributed by atoms with E-state index in [0.29, 0.717) is 17.3 Å². The molecule has 2 aromatic rings. The predicted molar refractivity (Wildman–Crippen MR) is 79.7 cm³/mol. The molecule has 1 aromatic heterocycles. The zero-order valence-corrected chi connectivity index (χ0v) is 12.5. The lowest BCUT2D eigenvalue weighted by molar-refractivity contribution is -0.719. The van der Waals surface area contributed by atoms with Crippen molar-refractivity contribution in [1.29, 1.82) is 0 Å². The minimum Gasteiger partial charge on any atom is -0.494 e. The zero-order valence-electron chi connectivity index (χ0n) is 12.5. The number of aromatic amines is 1. The van der Waals surface area contributed by atoms with Gasteiger partial charge < -0.3 is 9.64 Å². The lowest BCUT2D eigenvalue weighted by Gasteiger charge is -2.13. The van der Waals surface area contributed by atoms with Gasteiger partial charge in [0.25, 0.3) is 5.56 Å². The molecule has 0 saturated carbocycles. The van der Waals surface area contributed by atoms with Gasteiger partial charge in [0.05, 0.1) is 12.2 Å². The van der Waals surface area contributed by atoms with Crippen LogP contribution in [-0.4, -0.2) is 26.3 Å². The third-order valence-electron chi connectivity index (χ3n) is 2.95. The Morgan fingerprint density at radius 2 is 1.95 bits per heavy atom. The Morgan fingerprint density at radius 1 is 1.19 bits per heavy atom. The molecule has 110 valence electrons. The van der Waals surface area contributed by atoms with E-state index in [4.69, 9.17) is 4.74 Å². The maximum absolute atomic E-state index is 11.1. The topological polar surface area (TPSA) is 73.9 Å². The van der Waals surface area contributed by atoms with E-state index in [1.807, 2.05) is 37.2 Å². The number of benzene rings is 1. The molecule has 0 fully saturated rings. The molecule has 1 N–H and O–H groups in total. The van der Waals surface area contributed by atoms with Crippen LogP contribution in [0.1, 0.15) is 0 Å². The molecule has 1 aromatic carbocycles. The fourth-order valence-electron chi connectivity index (χ4n) is 1.75. The van der Waals surface area contributed by atoms with E-state index in [2.05, 4.69) is 15.3 Å². The van der Waals surface area contributed by atoms with Gasteiger partial charge in [0.15, 0.2) is 11.4 Å². The van der Waals surface area contributed by atoms with Crippen LogP contribution in [-0.2, 0) is 7.05 Å². The first-order valence-corrected chi connectivity index (χ1v) is 6.37. The number of nitrogens with zero attached hydrogens (tertiary/aromatic N) is 4. The minimum atomic E-state index is -0.190. The van der Waals surface area contributed by atoms with Crippen LogP contribution in [0.2, 0.25) is 0 Å². The Balaban J connectivity index is 2.34. The van der Waals surface area contributed by atoms with E-state index >= 15 is 0 Å². The summed E-state index contributed by atoms with van der Waals surface area (Å²) in [7, 11) is 7.20. The number of hydrogen-bond acceptors (Lipinski definition) is 5. The molecule has 2 rings (SSSR count). The second kappa shape index (κ2) is 6.17. The molecule has 0 saturated heterocycles. The van der Waals surface area contributed by atoms with Crippen molar-refractivity contribution >= 4 is 17.2 Å². The smallest absolute Gasteiger partial charge is 0.368 e. The molecule has 0 unspecified atom stereocenters. The molecule has 7 nitrogen and oxygen atoms in total. The highest BCUT2D eigenvalue weighted by Gasteiger charge is 2.10. The molecule has 0 aliphatic carbocycles. The average molecular weight is 288 g/mol. The molecule has 21 heavy (non-hydrogen) atoms. The minimum absolute atomic E-state index is 0.190. The van der Waals surface area contributed by atoms with E-state index < -0.39 is 0 Å². The van der Waals surface area contributed by atoms with Gasteiger partial charge in [-0.05, 0) is 17.2 Å². The van der Waals surface area contributed by atoms with Crippen LogP contribution in [0.4, 0.5) is 17.2 Å². The summed E-state index contributed by atoms with van der Waals surface area (Å²) in [4.78, 5) is 13.1. The molecule has 0 spiro atoms. The number of nitrogens with one attached hydrogen (secondary N) is 1. The van der Waals surface area contributed by atoms with Gasteiger partial charge in [-0.3, -0.25) is 4.79 Å². The van der Waals surface area contributed by atoms with E-state index in [-0.39, 0.29) is 5.56 Å². The molecule has 0 amide bonds. The summed E-state index contributed by atoms with van der Waals surface area (Å²) in [5, 5.41) is 10.9. The molecule has 7 heteroatoms. The Kier molecular flexibility index (Phi) is 4.32. The number of H-pyrrole nitrogens is 1. The summed E-state index contributed by atoms with van der Waals surface area (Å²) >= 11 is 0. The number of hydrogen-bond donors (Lipinski definition) is 1. The number of azo groups is 1. The van der Waals surface area contributed by atoms with E-state index in [9.17, 15) is 4.79 Å². The van der Waals surface area contributed by atoms with Gasteiger partial charge >= 0.3 is 5.82 Å². The van der Waals surface area contributed by atoms with Gasteiger partial charge in [0, 0.05) is 38.0 Å². The molecule has 0 radical (unpaired) electrons. The first-order valence-electron chi connectivity index (χ1n) is 6.37. The van der Waals surface area contributed by atoms with Crippen LogP contribution >= 0.6 is 0 Å². The Bertz CT molecular complexity index is 722. The molecule has 0 bridgehead atoms. The van der Waals surface area contributed by atoms with Crippen LogP contribution in [0.5, 0.6) is 5.75 Å². The highest BCUT2D eigenvalue weighted by molar-refractivity contribution is 5.61. The lowest BCUT2D eigenvalue weighted by atomic mass is 10.2. The van der Waals surface area contributed by atoms with E-state index in [0.717, 1.165) is 5.69 Å². The zero-order chi connectivity index (χ0) is 15.4. The normalized spacial score (nSPS) is 10.9. The van der Waals surface area contributed by atoms with Crippen molar-refractivity contribution in [2.24, 2.45) is 17.3 Å². The van der Waals surface area contributed by atoms with Crippen LogP contribution in [0.3, 0.4) is 0 Å². The van der Waals surface area contributed by atoms with Crippen molar-refractivity contribution < 1.29 is 9.42 Å². The molecule has 0 aliphatic heterocycles. The lowest BCUT2D eigenvalue weighted by Crippen LogP contribution is -2.38. The maximum Gasteiger partial charge on any atom is 0.368 e. The van der Waals surface area contributed by atoms with Crippen molar-refractivity contribution in [3.63, 3.8) is 0 Å². The summed E-state index contributed by atoms with van der Waals surface area (Å²) in [6.07, 6.45) is 0. The third-order valence-corrected chi connectivity index (χ3v) is 2.95. The SMILES string of the molecule is COc1cc(N(C)C)ccc1N=Nc1ccc(=O)[nH][n+]1C. The van der Waals surface area contributed by atoms with Crippen LogP contribution in [0.15, 0.2) is 45.4 Å². The highest BCUT2D eigenvalue weighted by Crippen LogP contribution is 2.32. The monoisotopic (exact) mass is 288 g/mol. The van der Waals surface area contributed by atoms with E-state index in [1.165, 1.54) is 10.7 Å². The summed E-state index contributed by atoms with van der Waals surface area (Å²) in [5.74, 6) is 1.17. The number of aryl methyl sites for hydroxylation is 1. The quantitative estimate of drug-likeness (QED) is 0.687. The van der Waals surface area contributed by atoms with Crippen LogP contribution in [0, 0.1) is 0 Å². The van der Waals surface area contributed by atoms with Crippen LogP contribution in [0.25, 0.3) is 0 Å². The van der Waals surface area contributed by atoms with Crippen molar-refractivity contribution in [2.45, 2.75) is 0 Å². The molecular formula is C14H18N5O2+. The summed E-state index contributed by atoms with van der Waals surface area (Å²) in [6.45, 7) is 0. The van der Waals surface area contributed by atoms with Crippen molar-refractivity contribution in [2.75, 3.05) is 26.1 Å². The van der Waals surface area contributed by atoms with Gasteiger partial charge in [0.2, 0.25) is 0 Å². The standard InChI is InChI=1S/C14H17N5O2/c1-18(2)10-5-6-11(12(9-10)21-4)15-16-13-7-8-14(20)17-19(13)3/h5-9H,1-4H3/p+1. The number of anilines is 1. The van der Waals surface area contributed by atoms with Gasteiger partial charge in [0.1, 0.15) is 7.05 Å². The summed E-state index contributed by atoms with van der Waals surface area (Å²) in [6, 6.07) is 8.66. The number of methoxy groups -OCH3 is 1. The second-order valence-electron chi connectivity index (χ2n) is 4.68. The number of rotatable bonds is 4. The molecule has 0 atom stereocenters. The predicted octanol–water partition coefficient (Wildman–Crippen LogP) is 1.69. The second-order valence-corrected chi connectivity index (χ2v) is 4.68. The Labute approximate surface area is 122 Å². The van der Waals surface area contributed by atoms with Crippen molar-refractivity contribution in [3.8, 4) is 5.75 Å². The molecule has 0 aliphatic rings. The Morgan fingerprint density at radius 3 is 2.57 bits per heavy atom. The average Bonchev–Trinajstić information content (AvgIpc) is 2.46. The largest absolute Gasteiger partial charge is 0.494 e. The van der Waals surface area contributed by atoms with Gasteiger partial charge in [-0.2, -0.15) is 9.78 Å². The van der Waals surface area contributed by atoms with Gasteiger partial charge in [-0.15, -0.1) is 0 Å².